The fourth-order valence-corrected chi connectivity index (χ4v) is 3.05. The maximum absolute atomic E-state index is 12.9. The van der Waals surface area contributed by atoms with E-state index in [2.05, 4.69) is 17.6 Å². The Morgan fingerprint density at radius 2 is 2.04 bits per heavy atom. The molecule has 0 aromatic heterocycles. The van der Waals surface area contributed by atoms with Gasteiger partial charge < -0.3 is 15.5 Å². The van der Waals surface area contributed by atoms with Crippen molar-refractivity contribution in [2.75, 3.05) is 26.7 Å². The monoisotopic (exact) mass is 342 g/mol. The van der Waals surface area contributed by atoms with Crippen molar-refractivity contribution in [2.45, 2.75) is 51.5 Å². The van der Waals surface area contributed by atoms with Crippen molar-refractivity contribution in [1.29, 1.82) is 0 Å². The van der Waals surface area contributed by atoms with Crippen molar-refractivity contribution < 1.29 is 19.6 Å². The van der Waals surface area contributed by atoms with Crippen molar-refractivity contribution in [3.05, 3.63) is 0 Å². The molecule has 1 aliphatic rings. The van der Waals surface area contributed by atoms with Gasteiger partial charge in [0.05, 0.1) is 0 Å². The van der Waals surface area contributed by atoms with E-state index in [1.165, 1.54) is 11.9 Å². The van der Waals surface area contributed by atoms with Crippen LogP contribution in [0, 0.1) is 5.92 Å². The molecule has 138 valence electrons. The molecule has 8 heteroatoms. The molecular weight excluding hydrogens is 312 g/mol. The van der Waals surface area contributed by atoms with Crippen molar-refractivity contribution in [3.63, 3.8) is 0 Å². The largest absolute Gasteiger partial charge is 0.341 e. The Morgan fingerprint density at radius 3 is 2.67 bits per heavy atom. The first kappa shape index (κ1) is 20.4. The molecule has 0 aromatic rings. The number of Topliss-reactive ketones (excluding diaryl/α,β-unsaturated/α-hetero) is 1. The second-order valence-electron chi connectivity index (χ2n) is 6.16. The highest BCUT2D eigenvalue weighted by Gasteiger charge is 2.36. The first-order valence-electron chi connectivity index (χ1n) is 8.70. The number of hydrogen-bond acceptors (Lipinski definition) is 5. The zero-order valence-electron chi connectivity index (χ0n) is 14.6. The first-order valence-corrected chi connectivity index (χ1v) is 8.70. The highest BCUT2D eigenvalue weighted by atomic mass is 16.5. The molecule has 1 heterocycles. The highest BCUT2D eigenvalue weighted by Crippen LogP contribution is 2.20. The number of piperazine rings is 1. The van der Waals surface area contributed by atoms with Crippen LogP contribution in [-0.2, 0) is 9.59 Å². The van der Waals surface area contributed by atoms with E-state index < -0.39 is 17.9 Å². The van der Waals surface area contributed by atoms with Gasteiger partial charge >= 0.3 is 6.03 Å². The highest BCUT2D eigenvalue weighted by molar-refractivity contribution is 5.93. The van der Waals surface area contributed by atoms with E-state index in [0.29, 0.717) is 26.1 Å². The van der Waals surface area contributed by atoms with Gasteiger partial charge in [0.2, 0.25) is 5.91 Å². The number of ketones is 1. The zero-order valence-corrected chi connectivity index (χ0v) is 14.6. The third kappa shape index (κ3) is 6.09. The summed E-state index contributed by atoms with van der Waals surface area (Å²) in [5.41, 5.74) is 1.60. The van der Waals surface area contributed by atoms with Crippen LogP contribution in [0.15, 0.2) is 0 Å². The molecule has 0 aliphatic carbocycles. The maximum atomic E-state index is 12.9. The number of urea groups is 1. The van der Waals surface area contributed by atoms with Gasteiger partial charge in [0.25, 0.3) is 0 Å². The average molecular weight is 342 g/mol. The van der Waals surface area contributed by atoms with E-state index in [-0.39, 0.29) is 18.2 Å². The molecule has 1 saturated heterocycles. The topological polar surface area (TPSA) is 111 Å². The fraction of sp³-hybridized carbons (Fsp3) is 0.812. The number of hydrogen-bond donors (Lipinski definition) is 4. The second-order valence-corrected chi connectivity index (χ2v) is 6.16. The standard InChI is InChI=1S/C16H30N4O4/c1-3-4-5-6-7-12(10-14(21)19-24)15(22)13-11-18-8-9-20(13)16(23)17-2/h12-13,18,24H,3-11H2,1-2H3,(H,17,23)(H,19,21)/t12?,13-/m0/s1. The number of carbonyl (C=O) groups is 3. The van der Waals surface area contributed by atoms with Gasteiger partial charge in [0.1, 0.15) is 6.04 Å². The Bertz CT molecular complexity index is 430. The maximum Gasteiger partial charge on any atom is 0.317 e. The summed E-state index contributed by atoms with van der Waals surface area (Å²) in [4.78, 5) is 38.0. The van der Waals surface area contributed by atoms with Crippen molar-refractivity contribution in [3.8, 4) is 0 Å². The summed E-state index contributed by atoms with van der Waals surface area (Å²) < 4.78 is 0. The Morgan fingerprint density at radius 1 is 1.29 bits per heavy atom. The fourth-order valence-electron chi connectivity index (χ4n) is 3.05. The molecule has 1 unspecified atom stereocenters. The van der Waals surface area contributed by atoms with Crippen LogP contribution >= 0.6 is 0 Å². The van der Waals surface area contributed by atoms with Gasteiger partial charge in [0, 0.05) is 39.0 Å². The van der Waals surface area contributed by atoms with Gasteiger partial charge in [-0.1, -0.05) is 32.6 Å². The van der Waals surface area contributed by atoms with Crippen molar-refractivity contribution >= 4 is 17.7 Å². The quantitative estimate of drug-likeness (QED) is 0.279. The summed E-state index contributed by atoms with van der Waals surface area (Å²) in [6.07, 6.45) is 4.56. The first-order chi connectivity index (χ1) is 11.5. The van der Waals surface area contributed by atoms with Gasteiger partial charge in [-0.3, -0.25) is 14.8 Å². The van der Waals surface area contributed by atoms with Gasteiger partial charge in [-0.15, -0.1) is 0 Å². The number of nitrogens with one attached hydrogen (secondary N) is 3. The molecule has 4 N–H and O–H groups in total. The Labute approximate surface area is 143 Å². The number of unbranched alkanes of at least 4 members (excludes halogenated alkanes) is 3. The minimum absolute atomic E-state index is 0.0560. The molecule has 1 rings (SSSR count). The summed E-state index contributed by atoms with van der Waals surface area (Å²) in [5, 5.41) is 14.5. The predicted octanol–water partition coefficient (Wildman–Crippen LogP) is 0.651. The normalized spacial score (nSPS) is 18.8. The number of carbonyl (C=O) groups excluding carboxylic acids is 3. The lowest BCUT2D eigenvalue weighted by molar-refractivity contribution is -0.136. The molecule has 2 atom stereocenters. The molecule has 8 nitrogen and oxygen atoms in total. The van der Waals surface area contributed by atoms with Crippen LogP contribution in [0.4, 0.5) is 4.79 Å². The predicted molar refractivity (Wildman–Crippen MR) is 89.6 cm³/mol. The summed E-state index contributed by atoms with van der Waals surface area (Å²) >= 11 is 0. The lowest BCUT2D eigenvalue weighted by atomic mass is 9.88. The Kier molecular flexibility index (Phi) is 9.33. The van der Waals surface area contributed by atoms with Crippen molar-refractivity contribution in [2.24, 2.45) is 5.92 Å². The molecule has 1 aliphatic heterocycles. The Hall–Kier alpha value is -1.67. The van der Waals surface area contributed by atoms with E-state index in [1.54, 1.807) is 5.48 Å². The lowest BCUT2D eigenvalue weighted by Crippen LogP contribution is -2.60. The third-order valence-corrected chi connectivity index (χ3v) is 4.41. The smallest absolute Gasteiger partial charge is 0.317 e. The van der Waals surface area contributed by atoms with Crippen LogP contribution in [0.3, 0.4) is 0 Å². The number of nitrogens with zero attached hydrogens (tertiary/aromatic N) is 1. The van der Waals surface area contributed by atoms with Crippen LogP contribution < -0.4 is 16.1 Å². The van der Waals surface area contributed by atoms with Crippen LogP contribution in [0.2, 0.25) is 0 Å². The van der Waals surface area contributed by atoms with E-state index in [9.17, 15) is 14.4 Å². The van der Waals surface area contributed by atoms with Gasteiger partial charge in [-0.2, -0.15) is 0 Å². The summed E-state index contributed by atoms with van der Waals surface area (Å²) in [5.74, 6) is -1.18. The molecular formula is C16H30N4O4. The molecule has 0 spiro atoms. The molecule has 0 saturated carbocycles. The zero-order chi connectivity index (χ0) is 17.9. The third-order valence-electron chi connectivity index (χ3n) is 4.41. The Balaban J connectivity index is 2.78. The molecule has 3 amide bonds. The number of rotatable bonds is 9. The van der Waals surface area contributed by atoms with E-state index >= 15 is 0 Å². The minimum Gasteiger partial charge on any atom is -0.341 e. The molecule has 0 bridgehead atoms. The lowest BCUT2D eigenvalue weighted by Gasteiger charge is -2.36. The van der Waals surface area contributed by atoms with Gasteiger partial charge in [-0.05, 0) is 6.42 Å². The van der Waals surface area contributed by atoms with E-state index in [0.717, 1.165) is 25.7 Å². The molecule has 1 fully saturated rings. The summed E-state index contributed by atoms with van der Waals surface area (Å²) in [6, 6.07) is -0.868. The van der Waals surface area contributed by atoms with Crippen LogP contribution in [0.25, 0.3) is 0 Å². The number of amides is 3. The van der Waals surface area contributed by atoms with E-state index in [1.807, 2.05) is 0 Å². The number of hydroxylamine groups is 1. The van der Waals surface area contributed by atoms with Gasteiger partial charge in [0.15, 0.2) is 5.78 Å². The van der Waals surface area contributed by atoms with Crippen LogP contribution in [0.5, 0.6) is 0 Å². The summed E-state index contributed by atoms with van der Waals surface area (Å²) in [6.45, 7) is 3.58. The SMILES string of the molecule is CCCCCCC(CC(=O)NO)C(=O)[C@@H]1CNCCN1C(=O)NC. The van der Waals surface area contributed by atoms with Crippen molar-refractivity contribution in [1.82, 2.24) is 21.0 Å². The molecule has 24 heavy (non-hydrogen) atoms. The average Bonchev–Trinajstić information content (AvgIpc) is 2.62. The van der Waals surface area contributed by atoms with E-state index in [4.69, 9.17) is 5.21 Å². The second kappa shape index (κ2) is 11.0. The minimum atomic E-state index is -0.582. The molecule has 0 aromatic carbocycles. The van der Waals surface area contributed by atoms with Gasteiger partial charge in [-0.25, -0.2) is 10.3 Å². The molecule has 0 radical (unpaired) electrons. The van der Waals surface area contributed by atoms with Crippen LogP contribution in [-0.4, -0.2) is 60.6 Å². The van der Waals surface area contributed by atoms with Crippen LogP contribution in [0.1, 0.15) is 45.4 Å². The summed E-state index contributed by atoms with van der Waals surface area (Å²) in [7, 11) is 1.54.